The van der Waals surface area contributed by atoms with Crippen molar-refractivity contribution >= 4 is 5.91 Å². The van der Waals surface area contributed by atoms with Crippen LogP contribution in [0.15, 0.2) is 18.2 Å². The Morgan fingerprint density at radius 2 is 2.00 bits per heavy atom. The molecule has 1 amide bonds. The first kappa shape index (κ1) is 13.6. The average Bonchev–Trinajstić information content (AvgIpc) is 2.81. The second-order valence-corrected chi connectivity index (χ2v) is 6.24. The van der Waals surface area contributed by atoms with Gasteiger partial charge < -0.3 is 10.2 Å². The molecule has 1 aromatic rings. The Morgan fingerprint density at radius 1 is 1.25 bits per heavy atom. The summed E-state index contributed by atoms with van der Waals surface area (Å²) in [6.07, 6.45) is 3.35. The molecule has 20 heavy (non-hydrogen) atoms. The minimum Gasteiger partial charge on any atom is -0.338 e. The number of carbonyl (C=O) groups is 1. The summed E-state index contributed by atoms with van der Waals surface area (Å²) in [6, 6.07) is 4.58. The quantitative estimate of drug-likeness (QED) is 0.854. The number of rotatable bonds is 1. The second-order valence-electron chi connectivity index (χ2n) is 6.24. The summed E-state index contributed by atoms with van der Waals surface area (Å²) in [5, 5.41) is 3.37. The monoisotopic (exact) mass is 276 g/mol. The largest absolute Gasteiger partial charge is 0.338 e. The van der Waals surface area contributed by atoms with Crippen molar-refractivity contribution in [3.63, 3.8) is 0 Å². The van der Waals surface area contributed by atoms with Gasteiger partial charge in [-0.3, -0.25) is 4.79 Å². The second kappa shape index (κ2) is 5.17. The lowest BCUT2D eigenvalue weighted by Gasteiger charge is -2.33. The normalized spacial score (nSPS) is 21.4. The molecule has 0 bridgehead atoms. The van der Waals surface area contributed by atoms with Gasteiger partial charge in [0.25, 0.3) is 5.91 Å². The van der Waals surface area contributed by atoms with Gasteiger partial charge in [0, 0.05) is 18.7 Å². The number of hydrogen-bond donors (Lipinski definition) is 1. The molecule has 4 heteroatoms. The van der Waals surface area contributed by atoms with Crippen LogP contribution in [0.4, 0.5) is 4.39 Å². The zero-order valence-corrected chi connectivity index (χ0v) is 11.9. The Hall–Kier alpha value is -1.42. The van der Waals surface area contributed by atoms with E-state index >= 15 is 0 Å². The minimum atomic E-state index is -0.330. The third-order valence-corrected chi connectivity index (χ3v) is 4.68. The maximum Gasteiger partial charge on any atom is 0.253 e. The van der Waals surface area contributed by atoms with Crippen molar-refractivity contribution in [2.75, 3.05) is 26.2 Å². The van der Waals surface area contributed by atoms with Crippen molar-refractivity contribution in [1.29, 1.82) is 0 Å². The van der Waals surface area contributed by atoms with Crippen molar-refractivity contribution in [1.82, 2.24) is 10.2 Å². The molecule has 3 nitrogen and oxygen atoms in total. The van der Waals surface area contributed by atoms with Crippen LogP contribution in [0, 0.1) is 18.2 Å². The highest BCUT2D eigenvalue weighted by Crippen LogP contribution is 2.39. The van der Waals surface area contributed by atoms with Crippen molar-refractivity contribution in [2.45, 2.75) is 26.2 Å². The van der Waals surface area contributed by atoms with Gasteiger partial charge in [-0.2, -0.15) is 0 Å². The summed E-state index contributed by atoms with van der Waals surface area (Å²) in [5.74, 6) is -0.355. The van der Waals surface area contributed by atoms with E-state index in [2.05, 4.69) is 5.32 Å². The van der Waals surface area contributed by atoms with Crippen LogP contribution in [-0.4, -0.2) is 37.0 Å². The van der Waals surface area contributed by atoms with Gasteiger partial charge in [0.2, 0.25) is 0 Å². The number of nitrogens with zero attached hydrogens (tertiary/aromatic N) is 1. The molecule has 2 fully saturated rings. The van der Waals surface area contributed by atoms with Crippen molar-refractivity contribution < 1.29 is 9.18 Å². The topological polar surface area (TPSA) is 32.3 Å². The molecule has 0 atom stereocenters. The van der Waals surface area contributed by atoms with Crippen molar-refractivity contribution in [2.24, 2.45) is 5.41 Å². The van der Waals surface area contributed by atoms with Gasteiger partial charge in [-0.05, 0) is 68.5 Å². The molecule has 0 radical (unpaired) electrons. The summed E-state index contributed by atoms with van der Waals surface area (Å²) in [5.41, 5.74) is 1.57. The number of nitrogens with one attached hydrogen (secondary N) is 1. The summed E-state index contributed by atoms with van der Waals surface area (Å²) in [7, 11) is 0. The maximum atomic E-state index is 13.4. The van der Waals surface area contributed by atoms with Crippen LogP contribution in [0.2, 0.25) is 0 Å². The molecule has 0 unspecified atom stereocenters. The number of piperidine rings is 1. The third-order valence-electron chi connectivity index (χ3n) is 4.68. The van der Waals surface area contributed by atoms with E-state index < -0.39 is 0 Å². The Labute approximate surface area is 119 Å². The van der Waals surface area contributed by atoms with Gasteiger partial charge in [-0.15, -0.1) is 0 Å². The Kier molecular flexibility index (Phi) is 3.50. The van der Waals surface area contributed by atoms with Crippen LogP contribution >= 0.6 is 0 Å². The molecule has 108 valence electrons. The van der Waals surface area contributed by atoms with Crippen molar-refractivity contribution in [3.8, 4) is 0 Å². The minimum absolute atomic E-state index is 0.0250. The third kappa shape index (κ3) is 2.57. The highest BCUT2D eigenvalue weighted by Gasteiger charge is 2.40. The van der Waals surface area contributed by atoms with E-state index in [4.69, 9.17) is 0 Å². The number of benzene rings is 1. The lowest BCUT2D eigenvalue weighted by atomic mass is 9.78. The van der Waals surface area contributed by atoms with Crippen LogP contribution in [-0.2, 0) is 0 Å². The van der Waals surface area contributed by atoms with Crippen LogP contribution in [0.5, 0.6) is 0 Å². The Bertz CT molecular complexity index is 503. The van der Waals surface area contributed by atoms with Gasteiger partial charge in [0.1, 0.15) is 5.82 Å². The number of likely N-dealkylation sites (tertiary alicyclic amines) is 1. The first-order chi connectivity index (χ1) is 9.58. The number of hydrogen-bond acceptors (Lipinski definition) is 2. The fraction of sp³-hybridized carbons (Fsp3) is 0.562. The highest BCUT2D eigenvalue weighted by atomic mass is 19.1. The molecule has 0 aromatic heterocycles. The molecule has 1 aromatic carbocycles. The summed E-state index contributed by atoms with van der Waals surface area (Å²) in [6.45, 7) is 5.53. The smallest absolute Gasteiger partial charge is 0.253 e. The molecular weight excluding hydrogens is 255 g/mol. The fourth-order valence-corrected chi connectivity index (χ4v) is 3.52. The predicted octanol–water partition coefficient (Wildman–Crippen LogP) is 2.35. The van der Waals surface area contributed by atoms with Crippen LogP contribution in [0.25, 0.3) is 0 Å². The standard InChI is InChI=1S/C16H21FN2O/c1-12-8-13(10-14(17)9-12)15(20)19-7-4-16(11-19)2-5-18-6-3-16/h8-10,18H,2-7,11H2,1H3. The lowest BCUT2D eigenvalue weighted by molar-refractivity contribution is 0.0761. The van der Waals surface area contributed by atoms with Gasteiger partial charge in [0.15, 0.2) is 0 Å². The Morgan fingerprint density at radius 3 is 2.70 bits per heavy atom. The SMILES string of the molecule is Cc1cc(F)cc(C(=O)N2CCC3(CCNCC3)C2)c1. The van der Waals surface area contributed by atoms with E-state index in [1.54, 1.807) is 6.07 Å². The molecule has 0 aliphatic carbocycles. The summed E-state index contributed by atoms with van der Waals surface area (Å²) < 4.78 is 13.4. The van der Waals surface area contributed by atoms with E-state index in [1.165, 1.54) is 12.1 Å². The summed E-state index contributed by atoms with van der Waals surface area (Å²) >= 11 is 0. The molecule has 0 saturated carbocycles. The zero-order valence-electron chi connectivity index (χ0n) is 11.9. The highest BCUT2D eigenvalue weighted by molar-refractivity contribution is 5.94. The predicted molar refractivity (Wildman–Crippen MR) is 76.2 cm³/mol. The molecule has 3 rings (SSSR count). The van der Waals surface area contributed by atoms with Crippen molar-refractivity contribution in [3.05, 3.63) is 35.1 Å². The van der Waals surface area contributed by atoms with E-state index in [0.29, 0.717) is 11.0 Å². The van der Waals surface area contributed by atoms with Crippen LogP contribution in [0.1, 0.15) is 35.2 Å². The Balaban J connectivity index is 1.75. The molecule has 2 heterocycles. The molecule has 2 saturated heterocycles. The van der Waals surface area contributed by atoms with E-state index in [1.807, 2.05) is 11.8 Å². The first-order valence-electron chi connectivity index (χ1n) is 7.35. The summed E-state index contributed by atoms with van der Waals surface area (Å²) in [4.78, 5) is 14.4. The van der Waals surface area contributed by atoms with E-state index in [9.17, 15) is 9.18 Å². The number of halogens is 1. The van der Waals surface area contributed by atoms with Gasteiger partial charge in [0.05, 0.1) is 0 Å². The lowest BCUT2D eigenvalue weighted by Crippen LogP contribution is -2.39. The number of amides is 1. The number of carbonyl (C=O) groups excluding carboxylic acids is 1. The molecule has 1 N–H and O–H groups in total. The first-order valence-corrected chi connectivity index (χ1v) is 7.35. The van der Waals surface area contributed by atoms with Gasteiger partial charge in [-0.25, -0.2) is 4.39 Å². The van der Waals surface area contributed by atoms with Crippen LogP contribution in [0.3, 0.4) is 0 Å². The zero-order chi connectivity index (χ0) is 14.2. The fourth-order valence-electron chi connectivity index (χ4n) is 3.52. The molecule has 2 aliphatic heterocycles. The van der Waals surface area contributed by atoms with E-state index in [-0.39, 0.29) is 11.7 Å². The van der Waals surface area contributed by atoms with Gasteiger partial charge >= 0.3 is 0 Å². The molecule has 1 spiro atoms. The molecular formula is C16H21FN2O. The average molecular weight is 276 g/mol. The van der Waals surface area contributed by atoms with Crippen LogP contribution < -0.4 is 5.32 Å². The number of aryl methyl sites for hydroxylation is 1. The van der Waals surface area contributed by atoms with E-state index in [0.717, 1.165) is 51.0 Å². The maximum absolute atomic E-state index is 13.4. The van der Waals surface area contributed by atoms with Gasteiger partial charge in [-0.1, -0.05) is 0 Å². The molecule has 2 aliphatic rings.